The Morgan fingerprint density at radius 3 is 2.28 bits per heavy atom. The van der Waals surface area contributed by atoms with Crippen LogP contribution in [0.2, 0.25) is 0 Å². The second-order valence-electron chi connectivity index (χ2n) is 6.44. The first-order valence-electron chi connectivity index (χ1n) is 7.75. The van der Waals surface area contributed by atoms with Crippen molar-refractivity contribution in [2.45, 2.75) is 60.6 Å². The molecule has 0 aromatic carbocycles. The van der Waals surface area contributed by atoms with Gasteiger partial charge >= 0.3 is 0 Å². The van der Waals surface area contributed by atoms with Crippen molar-refractivity contribution in [3.63, 3.8) is 0 Å². The predicted octanol–water partition coefficient (Wildman–Crippen LogP) is -6.04. The summed E-state index contributed by atoms with van der Waals surface area (Å²) in [6, 6.07) is -1.44. The number of nitrogens with one attached hydrogen (secondary N) is 1. The van der Waals surface area contributed by atoms with Gasteiger partial charge < -0.3 is 55.6 Å². The van der Waals surface area contributed by atoms with Crippen LogP contribution in [0.25, 0.3) is 0 Å². The van der Waals surface area contributed by atoms with Crippen LogP contribution in [0.15, 0.2) is 4.99 Å². The lowest BCUT2D eigenvalue weighted by Gasteiger charge is -2.40. The highest BCUT2D eigenvalue weighted by molar-refractivity contribution is 5.76. The van der Waals surface area contributed by atoms with E-state index in [1.165, 1.54) is 0 Å². The quantitative estimate of drug-likeness (QED) is 0.230. The number of fused-ring (bicyclic) bond motifs is 1. The van der Waals surface area contributed by atoms with E-state index in [-0.39, 0.29) is 6.02 Å². The molecule has 1 saturated carbocycles. The molecule has 0 unspecified atom stereocenters. The first-order chi connectivity index (χ1) is 11.7. The van der Waals surface area contributed by atoms with E-state index in [1.807, 2.05) is 0 Å². The number of amidine groups is 1. The van der Waals surface area contributed by atoms with Crippen molar-refractivity contribution in [2.24, 2.45) is 4.99 Å². The highest BCUT2D eigenvalue weighted by atomic mass is 16.6. The summed E-state index contributed by atoms with van der Waals surface area (Å²) < 4.78 is 10.5. The van der Waals surface area contributed by atoms with Gasteiger partial charge in [0.15, 0.2) is 12.3 Å². The van der Waals surface area contributed by atoms with Crippen molar-refractivity contribution in [3.8, 4) is 0 Å². The average Bonchev–Trinajstić information content (AvgIpc) is 3.10. The largest absolute Gasteiger partial charge is 0.457 e. The number of hydrogen-bond donors (Lipinski definition) is 9. The lowest BCUT2D eigenvalue weighted by molar-refractivity contribution is -0.233. The van der Waals surface area contributed by atoms with Crippen molar-refractivity contribution in [1.82, 2.24) is 5.32 Å². The number of aliphatic hydroxyl groups excluding tert-OH is 7. The minimum atomic E-state index is -2.11. The minimum Gasteiger partial charge on any atom is -0.457 e. The summed E-state index contributed by atoms with van der Waals surface area (Å²) in [6.45, 7) is -1.48. The van der Waals surface area contributed by atoms with E-state index < -0.39 is 73.8 Å². The maximum absolute atomic E-state index is 10.3. The van der Waals surface area contributed by atoms with Crippen molar-refractivity contribution >= 4 is 6.02 Å². The second kappa shape index (κ2) is 6.57. The molecule has 12 nitrogen and oxygen atoms in total. The predicted molar refractivity (Wildman–Crippen MR) is 77.0 cm³/mol. The van der Waals surface area contributed by atoms with Crippen LogP contribution >= 0.6 is 0 Å². The van der Waals surface area contributed by atoms with Crippen LogP contribution in [-0.2, 0) is 9.47 Å². The highest BCUT2D eigenvalue weighted by Crippen LogP contribution is 2.38. The van der Waals surface area contributed by atoms with Crippen LogP contribution in [0, 0.1) is 0 Å². The SMILES string of the molecule is OC[C@H]1O[C@H](NC2=N[C@H]3[C@@H](O2)[C@H](O)[C@H](O)[C@@]3(O)CO)[C@H](O)[C@@H](O)[C@@H]1O. The van der Waals surface area contributed by atoms with Crippen molar-refractivity contribution in [2.75, 3.05) is 13.2 Å². The third-order valence-electron chi connectivity index (χ3n) is 4.91. The summed E-state index contributed by atoms with van der Waals surface area (Å²) in [6.07, 6.45) is -11.5. The van der Waals surface area contributed by atoms with Crippen LogP contribution in [0.4, 0.5) is 0 Å². The fraction of sp³-hybridized carbons (Fsp3) is 0.923. The summed E-state index contributed by atoms with van der Waals surface area (Å²) in [5.74, 6) is 0. The van der Waals surface area contributed by atoms with E-state index in [1.54, 1.807) is 0 Å². The van der Waals surface area contributed by atoms with E-state index in [2.05, 4.69) is 10.3 Å². The highest BCUT2D eigenvalue weighted by Gasteiger charge is 2.63. The lowest BCUT2D eigenvalue weighted by Crippen LogP contribution is -2.63. The number of nitrogens with zero attached hydrogens (tertiary/aromatic N) is 1. The molecule has 0 aromatic heterocycles. The number of rotatable bonds is 3. The molecule has 1 saturated heterocycles. The van der Waals surface area contributed by atoms with Gasteiger partial charge in [-0.1, -0.05) is 0 Å². The maximum Gasteiger partial charge on any atom is 0.287 e. The van der Waals surface area contributed by atoms with Crippen LogP contribution in [0.5, 0.6) is 0 Å². The molecule has 2 aliphatic heterocycles. The van der Waals surface area contributed by atoms with Gasteiger partial charge in [0.05, 0.1) is 13.2 Å². The van der Waals surface area contributed by atoms with Gasteiger partial charge in [-0.3, -0.25) is 0 Å². The molecule has 12 heteroatoms. The summed E-state index contributed by atoms with van der Waals surface area (Å²) in [4.78, 5) is 3.95. The molecular weight excluding hydrogens is 344 g/mol. The topological polar surface area (TPSA) is 205 Å². The molecule has 0 radical (unpaired) electrons. The number of ether oxygens (including phenoxy) is 2. The first kappa shape index (κ1) is 18.7. The fourth-order valence-corrected chi connectivity index (χ4v) is 3.33. The minimum absolute atomic E-state index is 0.267. The van der Waals surface area contributed by atoms with Gasteiger partial charge in [0.25, 0.3) is 6.02 Å². The zero-order valence-corrected chi connectivity index (χ0v) is 13.0. The molecule has 3 aliphatic rings. The van der Waals surface area contributed by atoms with E-state index in [0.29, 0.717) is 0 Å². The Labute approximate surface area is 141 Å². The van der Waals surface area contributed by atoms with Crippen LogP contribution in [0.1, 0.15) is 0 Å². The monoisotopic (exact) mass is 366 g/mol. The smallest absolute Gasteiger partial charge is 0.287 e. The number of aliphatic imine (C=N–C) groups is 1. The molecule has 25 heavy (non-hydrogen) atoms. The van der Waals surface area contributed by atoms with E-state index >= 15 is 0 Å². The standard InChI is InChI=1S/C13H22N2O10/c16-1-3-4(18)5(19)6(20)11(24-3)15-12-14-9-8(25-12)7(21)10(22)13(9,23)2-17/h3-11,16-23H,1-2H2,(H,14,15)/t3-,4-,5+,6-,7+,8+,9+,10+,11+,13-/m1/s1. The van der Waals surface area contributed by atoms with E-state index in [0.717, 1.165) is 0 Å². The van der Waals surface area contributed by atoms with Crippen LogP contribution in [-0.4, -0.2) is 121 Å². The van der Waals surface area contributed by atoms with Crippen molar-refractivity contribution in [3.05, 3.63) is 0 Å². The molecular formula is C13H22N2O10. The molecule has 10 atom stereocenters. The van der Waals surface area contributed by atoms with Crippen molar-refractivity contribution < 1.29 is 50.3 Å². The average molecular weight is 366 g/mol. The Bertz CT molecular complexity index is 533. The summed E-state index contributed by atoms with van der Waals surface area (Å²) in [7, 11) is 0. The van der Waals surface area contributed by atoms with Gasteiger partial charge in [0.2, 0.25) is 0 Å². The van der Waals surface area contributed by atoms with Gasteiger partial charge in [0.1, 0.15) is 48.3 Å². The molecule has 0 amide bonds. The Morgan fingerprint density at radius 2 is 1.68 bits per heavy atom. The molecule has 2 heterocycles. The molecule has 2 fully saturated rings. The van der Waals surface area contributed by atoms with Crippen LogP contribution < -0.4 is 5.32 Å². The summed E-state index contributed by atoms with van der Waals surface area (Å²) >= 11 is 0. The maximum atomic E-state index is 10.3. The Hall–Kier alpha value is -1.09. The molecule has 144 valence electrons. The zero-order valence-electron chi connectivity index (χ0n) is 13.0. The first-order valence-corrected chi connectivity index (χ1v) is 7.75. The molecule has 3 rings (SSSR count). The molecule has 0 bridgehead atoms. The van der Waals surface area contributed by atoms with Crippen LogP contribution in [0.3, 0.4) is 0 Å². The van der Waals surface area contributed by atoms with E-state index in [4.69, 9.17) is 14.6 Å². The number of hydrogen-bond acceptors (Lipinski definition) is 12. The van der Waals surface area contributed by atoms with Gasteiger partial charge in [0, 0.05) is 0 Å². The van der Waals surface area contributed by atoms with Gasteiger partial charge in [-0.25, -0.2) is 4.99 Å². The summed E-state index contributed by atoms with van der Waals surface area (Å²) in [5.41, 5.74) is -2.11. The van der Waals surface area contributed by atoms with Crippen molar-refractivity contribution in [1.29, 1.82) is 0 Å². The fourth-order valence-electron chi connectivity index (χ4n) is 3.33. The molecule has 9 N–H and O–H groups in total. The Kier molecular flexibility index (Phi) is 4.91. The Morgan fingerprint density at radius 1 is 1.00 bits per heavy atom. The lowest BCUT2D eigenvalue weighted by atomic mass is 9.97. The zero-order chi connectivity index (χ0) is 18.5. The second-order valence-corrected chi connectivity index (χ2v) is 6.44. The Balaban J connectivity index is 1.74. The third-order valence-corrected chi connectivity index (χ3v) is 4.91. The molecule has 0 aromatic rings. The van der Waals surface area contributed by atoms with E-state index in [9.17, 15) is 35.7 Å². The van der Waals surface area contributed by atoms with Gasteiger partial charge in [-0.05, 0) is 0 Å². The van der Waals surface area contributed by atoms with Gasteiger partial charge in [-0.2, -0.15) is 0 Å². The summed E-state index contributed by atoms with van der Waals surface area (Å²) in [5, 5.41) is 80.4. The molecule has 0 spiro atoms. The van der Waals surface area contributed by atoms with Gasteiger partial charge in [-0.15, -0.1) is 0 Å². The third kappa shape index (κ3) is 2.79. The number of aliphatic hydroxyl groups is 8. The molecule has 1 aliphatic carbocycles. The normalized spacial score (nSPS) is 52.5.